The van der Waals surface area contributed by atoms with Crippen molar-refractivity contribution < 1.29 is 9.53 Å². The molecule has 0 aliphatic carbocycles. The minimum absolute atomic E-state index is 0.105. The molecule has 1 heterocycles. The Labute approximate surface area is 134 Å². The number of hydrogen-bond acceptors (Lipinski definition) is 4. The maximum Gasteiger partial charge on any atom is 0.251 e. The SMILES string of the molecule is COc1ccc(CCNC(=O)c2ccc3nccnc3c2)cc1. The Kier molecular flexibility index (Phi) is 4.47. The van der Waals surface area contributed by atoms with Gasteiger partial charge in [-0.3, -0.25) is 14.8 Å². The second-order valence-electron chi connectivity index (χ2n) is 5.11. The minimum Gasteiger partial charge on any atom is -0.497 e. The van der Waals surface area contributed by atoms with Gasteiger partial charge in [0.05, 0.1) is 18.1 Å². The summed E-state index contributed by atoms with van der Waals surface area (Å²) in [6, 6.07) is 13.1. The van der Waals surface area contributed by atoms with Crippen LogP contribution < -0.4 is 10.1 Å². The van der Waals surface area contributed by atoms with E-state index in [1.54, 1.807) is 37.7 Å². The lowest BCUT2D eigenvalue weighted by Crippen LogP contribution is -2.25. The highest BCUT2D eigenvalue weighted by atomic mass is 16.5. The molecular weight excluding hydrogens is 290 g/mol. The van der Waals surface area contributed by atoms with Gasteiger partial charge in [-0.1, -0.05) is 12.1 Å². The van der Waals surface area contributed by atoms with Crippen LogP contribution in [0.15, 0.2) is 54.9 Å². The quantitative estimate of drug-likeness (QED) is 0.787. The first-order valence-corrected chi connectivity index (χ1v) is 7.38. The molecule has 1 N–H and O–H groups in total. The molecular formula is C18H17N3O2. The van der Waals surface area contributed by atoms with Crippen molar-refractivity contribution >= 4 is 16.9 Å². The molecule has 23 heavy (non-hydrogen) atoms. The fourth-order valence-electron chi connectivity index (χ4n) is 2.32. The monoisotopic (exact) mass is 307 g/mol. The van der Waals surface area contributed by atoms with E-state index < -0.39 is 0 Å². The molecule has 0 saturated heterocycles. The summed E-state index contributed by atoms with van der Waals surface area (Å²) in [5.41, 5.74) is 3.24. The predicted molar refractivity (Wildman–Crippen MR) is 88.6 cm³/mol. The topological polar surface area (TPSA) is 64.1 Å². The van der Waals surface area contributed by atoms with E-state index >= 15 is 0 Å². The van der Waals surface area contributed by atoms with Gasteiger partial charge in [0.15, 0.2) is 0 Å². The number of carbonyl (C=O) groups excluding carboxylic acids is 1. The van der Waals surface area contributed by atoms with E-state index in [4.69, 9.17) is 4.74 Å². The van der Waals surface area contributed by atoms with Gasteiger partial charge in [-0.15, -0.1) is 0 Å². The number of aromatic nitrogens is 2. The number of methoxy groups -OCH3 is 1. The number of nitrogens with zero attached hydrogens (tertiary/aromatic N) is 2. The molecule has 1 aromatic heterocycles. The highest BCUT2D eigenvalue weighted by Crippen LogP contribution is 2.12. The molecule has 1 amide bonds. The Balaban J connectivity index is 1.59. The summed E-state index contributed by atoms with van der Waals surface area (Å²) in [5, 5.41) is 2.92. The minimum atomic E-state index is -0.105. The van der Waals surface area contributed by atoms with Crippen LogP contribution in [-0.4, -0.2) is 29.5 Å². The van der Waals surface area contributed by atoms with Gasteiger partial charge in [0.25, 0.3) is 5.91 Å². The standard InChI is InChI=1S/C18H17N3O2/c1-23-15-5-2-13(3-6-15)8-9-21-18(22)14-4-7-16-17(12-14)20-11-10-19-16/h2-7,10-12H,8-9H2,1H3,(H,21,22). The van der Waals surface area contributed by atoms with Gasteiger partial charge in [-0.25, -0.2) is 0 Å². The van der Waals surface area contributed by atoms with Crippen molar-refractivity contribution in [3.8, 4) is 5.75 Å². The molecule has 0 unspecified atom stereocenters. The first kappa shape index (κ1) is 15.0. The van der Waals surface area contributed by atoms with Gasteiger partial charge >= 0.3 is 0 Å². The zero-order valence-electron chi connectivity index (χ0n) is 12.8. The molecule has 5 nitrogen and oxygen atoms in total. The Morgan fingerprint density at radius 3 is 2.52 bits per heavy atom. The van der Waals surface area contributed by atoms with Crippen LogP contribution in [0.3, 0.4) is 0 Å². The number of fused-ring (bicyclic) bond motifs is 1. The third kappa shape index (κ3) is 3.63. The average Bonchev–Trinajstić information content (AvgIpc) is 2.61. The number of amides is 1. The second-order valence-corrected chi connectivity index (χ2v) is 5.11. The lowest BCUT2D eigenvalue weighted by atomic mass is 10.1. The molecule has 3 rings (SSSR count). The smallest absolute Gasteiger partial charge is 0.251 e. The van der Waals surface area contributed by atoms with Crippen LogP contribution in [0.4, 0.5) is 0 Å². The van der Waals surface area contributed by atoms with E-state index in [1.165, 1.54) is 0 Å². The van der Waals surface area contributed by atoms with Gasteiger partial charge in [-0.05, 0) is 42.3 Å². The van der Waals surface area contributed by atoms with E-state index in [0.29, 0.717) is 12.1 Å². The lowest BCUT2D eigenvalue weighted by molar-refractivity contribution is 0.0954. The summed E-state index contributed by atoms with van der Waals surface area (Å²) in [6.07, 6.45) is 4.02. The Morgan fingerprint density at radius 1 is 1.04 bits per heavy atom. The van der Waals surface area contributed by atoms with Gasteiger partial charge in [0, 0.05) is 24.5 Å². The van der Waals surface area contributed by atoms with Gasteiger partial charge < -0.3 is 10.1 Å². The van der Waals surface area contributed by atoms with Crippen LogP contribution in [-0.2, 0) is 6.42 Å². The van der Waals surface area contributed by atoms with Gasteiger partial charge in [0.1, 0.15) is 5.75 Å². The number of nitrogens with one attached hydrogen (secondary N) is 1. The van der Waals surface area contributed by atoms with E-state index in [2.05, 4.69) is 15.3 Å². The summed E-state index contributed by atoms with van der Waals surface area (Å²) >= 11 is 0. The normalized spacial score (nSPS) is 10.5. The molecule has 2 aromatic carbocycles. The second kappa shape index (κ2) is 6.87. The number of carbonyl (C=O) groups is 1. The van der Waals surface area contributed by atoms with E-state index in [-0.39, 0.29) is 5.91 Å². The van der Waals surface area contributed by atoms with E-state index in [1.807, 2.05) is 24.3 Å². The zero-order valence-corrected chi connectivity index (χ0v) is 12.8. The van der Waals surface area contributed by atoms with Crippen LogP contribution >= 0.6 is 0 Å². The fraction of sp³-hybridized carbons (Fsp3) is 0.167. The molecule has 0 aliphatic heterocycles. The van der Waals surface area contributed by atoms with Crippen LogP contribution in [0, 0.1) is 0 Å². The van der Waals surface area contributed by atoms with Crippen LogP contribution in [0.1, 0.15) is 15.9 Å². The van der Waals surface area contributed by atoms with Crippen LogP contribution in [0.5, 0.6) is 5.75 Å². The summed E-state index contributed by atoms with van der Waals surface area (Å²) in [6.45, 7) is 0.573. The molecule has 0 atom stereocenters. The molecule has 116 valence electrons. The summed E-state index contributed by atoms with van der Waals surface area (Å²) in [5.74, 6) is 0.723. The maximum absolute atomic E-state index is 12.2. The molecule has 0 saturated carbocycles. The first-order chi connectivity index (χ1) is 11.3. The fourth-order valence-corrected chi connectivity index (χ4v) is 2.32. The first-order valence-electron chi connectivity index (χ1n) is 7.38. The van der Waals surface area contributed by atoms with Crippen molar-refractivity contribution in [2.75, 3.05) is 13.7 Å². The van der Waals surface area contributed by atoms with Crippen molar-refractivity contribution in [1.82, 2.24) is 15.3 Å². The Hall–Kier alpha value is -2.95. The summed E-state index contributed by atoms with van der Waals surface area (Å²) in [7, 11) is 1.64. The highest BCUT2D eigenvalue weighted by molar-refractivity contribution is 5.97. The molecule has 0 radical (unpaired) electrons. The van der Waals surface area contributed by atoms with E-state index in [0.717, 1.165) is 28.8 Å². The Morgan fingerprint density at radius 2 is 1.78 bits per heavy atom. The molecule has 0 bridgehead atoms. The predicted octanol–water partition coefficient (Wildman–Crippen LogP) is 2.61. The van der Waals surface area contributed by atoms with Gasteiger partial charge in [0.2, 0.25) is 0 Å². The van der Waals surface area contributed by atoms with Crippen molar-refractivity contribution in [1.29, 1.82) is 0 Å². The van der Waals surface area contributed by atoms with Crippen LogP contribution in [0.2, 0.25) is 0 Å². The average molecular weight is 307 g/mol. The highest BCUT2D eigenvalue weighted by Gasteiger charge is 2.06. The zero-order chi connectivity index (χ0) is 16.1. The third-order valence-electron chi connectivity index (χ3n) is 3.59. The van der Waals surface area contributed by atoms with Crippen LogP contribution in [0.25, 0.3) is 11.0 Å². The molecule has 0 aliphatic rings. The third-order valence-corrected chi connectivity index (χ3v) is 3.59. The molecule has 3 aromatic rings. The molecule has 0 fully saturated rings. The summed E-state index contributed by atoms with van der Waals surface area (Å²) in [4.78, 5) is 20.6. The molecule has 5 heteroatoms. The van der Waals surface area contributed by atoms with E-state index in [9.17, 15) is 4.79 Å². The Bertz CT molecular complexity index is 816. The lowest BCUT2D eigenvalue weighted by Gasteiger charge is -2.07. The number of rotatable bonds is 5. The van der Waals surface area contributed by atoms with Crippen molar-refractivity contribution in [2.24, 2.45) is 0 Å². The van der Waals surface area contributed by atoms with Crippen molar-refractivity contribution in [3.05, 3.63) is 66.0 Å². The number of ether oxygens (including phenoxy) is 1. The summed E-state index contributed by atoms with van der Waals surface area (Å²) < 4.78 is 5.12. The van der Waals surface area contributed by atoms with Crippen molar-refractivity contribution in [3.63, 3.8) is 0 Å². The molecule has 0 spiro atoms. The largest absolute Gasteiger partial charge is 0.497 e. The maximum atomic E-state index is 12.2. The van der Waals surface area contributed by atoms with Crippen molar-refractivity contribution in [2.45, 2.75) is 6.42 Å². The van der Waals surface area contributed by atoms with Gasteiger partial charge in [-0.2, -0.15) is 0 Å². The number of benzene rings is 2. The number of hydrogen-bond donors (Lipinski definition) is 1.